The van der Waals surface area contributed by atoms with E-state index in [0.717, 1.165) is 34.4 Å². The molecule has 0 aliphatic rings. The molecule has 156 valence electrons. The number of esters is 2. The van der Waals surface area contributed by atoms with E-state index in [1.807, 2.05) is 38.1 Å². The van der Waals surface area contributed by atoms with Gasteiger partial charge in [-0.2, -0.15) is 0 Å². The Bertz CT molecular complexity index is 935. The molecule has 0 saturated carbocycles. The monoisotopic (exact) mass is 408 g/mol. The van der Waals surface area contributed by atoms with E-state index in [1.54, 1.807) is 26.0 Å². The first kappa shape index (κ1) is 22.7. The van der Waals surface area contributed by atoms with Crippen LogP contribution in [-0.4, -0.2) is 36.7 Å². The molecule has 6 heteroatoms. The minimum atomic E-state index is -0.855. The lowest BCUT2D eigenvalue weighted by atomic mass is 10.0. The van der Waals surface area contributed by atoms with Gasteiger partial charge in [-0.05, 0) is 51.0 Å². The molecule has 0 N–H and O–H groups in total. The minimum Gasteiger partial charge on any atom is -0.454 e. The molecule has 0 heterocycles. The van der Waals surface area contributed by atoms with Crippen LogP contribution in [0.5, 0.6) is 0 Å². The number of ketones is 2. The quantitative estimate of drug-likeness (QED) is 0.377. The average molecular weight is 408 g/mol. The van der Waals surface area contributed by atoms with Gasteiger partial charge in [0.25, 0.3) is 0 Å². The van der Waals surface area contributed by atoms with Crippen molar-refractivity contribution in [2.24, 2.45) is 0 Å². The summed E-state index contributed by atoms with van der Waals surface area (Å²) in [6, 6.07) is 10.9. The van der Waals surface area contributed by atoms with Crippen LogP contribution in [-0.2, 0) is 19.1 Å². The Morgan fingerprint density at radius 1 is 0.667 bits per heavy atom. The lowest BCUT2D eigenvalue weighted by Gasteiger charge is -2.07. The third-order valence-corrected chi connectivity index (χ3v) is 4.43. The Kier molecular flexibility index (Phi) is 7.81. The fourth-order valence-electron chi connectivity index (χ4n) is 2.73. The van der Waals surface area contributed by atoms with Crippen molar-refractivity contribution in [3.05, 3.63) is 81.9 Å². The van der Waals surface area contributed by atoms with Gasteiger partial charge in [-0.3, -0.25) is 9.59 Å². The average Bonchev–Trinajstić information content (AvgIpc) is 2.72. The van der Waals surface area contributed by atoms with Crippen molar-refractivity contribution in [3.8, 4) is 0 Å². The van der Waals surface area contributed by atoms with Gasteiger partial charge in [0.1, 0.15) is 0 Å². The highest BCUT2D eigenvalue weighted by Gasteiger charge is 2.13. The van der Waals surface area contributed by atoms with Gasteiger partial charge in [-0.15, -0.1) is 0 Å². The number of carbonyl (C=O) groups is 4. The second-order valence-corrected chi connectivity index (χ2v) is 7.03. The SMILES string of the molecule is Cc1ccc(C)c(C(=O)COC(=O)/C=C/C(=O)OCC(=O)c2cc(C)ccc2C)c1. The molecule has 0 amide bonds. The van der Waals surface area contributed by atoms with Crippen molar-refractivity contribution in [2.45, 2.75) is 27.7 Å². The molecule has 2 aromatic carbocycles. The van der Waals surface area contributed by atoms with Crippen LogP contribution in [0.3, 0.4) is 0 Å². The summed E-state index contributed by atoms with van der Waals surface area (Å²) in [4.78, 5) is 47.9. The van der Waals surface area contributed by atoms with Gasteiger partial charge < -0.3 is 9.47 Å². The highest BCUT2D eigenvalue weighted by atomic mass is 16.5. The van der Waals surface area contributed by atoms with Crippen LogP contribution >= 0.6 is 0 Å². The highest BCUT2D eigenvalue weighted by molar-refractivity contribution is 6.01. The summed E-state index contributed by atoms with van der Waals surface area (Å²) < 4.78 is 9.75. The second kappa shape index (κ2) is 10.3. The van der Waals surface area contributed by atoms with Crippen LogP contribution in [0.2, 0.25) is 0 Å². The number of benzene rings is 2. The molecule has 2 rings (SSSR count). The zero-order chi connectivity index (χ0) is 22.3. The fourth-order valence-corrected chi connectivity index (χ4v) is 2.73. The Morgan fingerprint density at radius 2 is 1.03 bits per heavy atom. The molecule has 0 fully saturated rings. The normalized spacial score (nSPS) is 10.7. The van der Waals surface area contributed by atoms with E-state index in [-0.39, 0.29) is 11.6 Å². The summed E-state index contributed by atoms with van der Waals surface area (Å²) in [7, 11) is 0. The highest BCUT2D eigenvalue weighted by Crippen LogP contribution is 2.12. The van der Waals surface area contributed by atoms with Crippen molar-refractivity contribution in [2.75, 3.05) is 13.2 Å². The summed E-state index contributed by atoms with van der Waals surface area (Å²) in [5.74, 6) is -2.38. The third kappa shape index (κ3) is 6.51. The number of ether oxygens (including phenoxy) is 2. The van der Waals surface area contributed by atoms with Crippen molar-refractivity contribution < 1.29 is 28.7 Å². The van der Waals surface area contributed by atoms with Crippen molar-refractivity contribution >= 4 is 23.5 Å². The zero-order valence-electron chi connectivity index (χ0n) is 17.5. The van der Waals surface area contributed by atoms with E-state index < -0.39 is 25.2 Å². The predicted molar refractivity (Wildman–Crippen MR) is 112 cm³/mol. The fraction of sp³-hybridized carbons (Fsp3) is 0.250. The lowest BCUT2D eigenvalue weighted by Crippen LogP contribution is -2.15. The molecule has 0 atom stereocenters. The molecule has 0 unspecified atom stereocenters. The molecule has 0 spiro atoms. The summed E-state index contributed by atoms with van der Waals surface area (Å²) >= 11 is 0. The molecule has 0 saturated heterocycles. The van der Waals surface area contributed by atoms with Crippen LogP contribution in [0.25, 0.3) is 0 Å². The summed E-state index contributed by atoms with van der Waals surface area (Å²) in [6.45, 7) is 6.44. The van der Waals surface area contributed by atoms with Gasteiger partial charge in [-0.25, -0.2) is 9.59 Å². The van der Waals surface area contributed by atoms with Gasteiger partial charge in [0.15, 0.2) is 13.2 Å². The van der Waals surface area contributed by atoms with Crippen LogP contribution in [0.15, 0.2) is 48.6 Å². The van der Waals surface area contributed by atoms with E-state index in [4.69, 9.17) is 9.47 Å². The summed E-state index contributed by atoms with van der Waals surface area (Å²) in [5.41, 5.74) is 4.39. The van der Waals surface area contributed by atoms with Gasteiger partial charge in [0, 0.05) is 23.3 Å². The first-order valence-electron chi connectivity index (χ1n) is 9.40. The van der Waals surface area contributed by atoms with E-state index >= 15 is 0 Å². The number of Topliss-reactive ketones (excluding diaryl/α,β-unsaturated/α-hetero) is 2. The molecule has 0 aliphatic carbocycles. The number of carbonyl (C=O) groups excluding carboxylic acids is 4. The first-order valence-corrected chi connectivity index (χ1v) is 9.40. The molecule has 0 radical (unpaired) electrons. The molecular weight excluding hydrogens is 384 g/mol. The van der Waals surface area contributed by atoms with E-state index in [9.17, 15) is 19.2 Å². The minimum absolute atomic E-state index is 0.334. The first-order chi connectivity index (χ1) is 14.2. The lowest BCUT2D eigenvalue weighted by molar-refractivity contribution is -0.139. The van der Waals surface area contributed by atoms with Crippen LogP contribution in [0.4, 0.5) is 0 Å². The number of hydrogen-bond acceptors (Lipinski definition) is 6. The van der Waals surface area contributed by atoms with E-state index in [1.165, 1.54) is 0 Å². The van der Waals surface area contributed by atoms with Crippen LogP contribution in [0, 0.1) is 27.7 Å². The van der Waals surface area contributed by atoms with Crippen molar-refractivity contribution in [1.82, 2.24) is 0 Å². The zero-order valence-corrected chi connectivity index (χ0v) is 17.5. The Balaban J connectivity index is 1.82. The largest absolute Gasteiger partial charge is 0.454 e. The number of hydrogen-bond donors (Lipinski definition) is 0. The van der Waals surface area contributed by atoms with Gasteiger partial charge >= 0.3 is 11.9 Å². The van der Waals surface area contributed by atoms with Crippen LogP contribution in [0.1, 0.15) is 43.0 Å². The summed E-state index contributed by atoms with van der Waals surface area (Å²) in [6.07, 6.45) is 1.72. The molecular formula is C24H24O6. The smallest absolute Gasteiger partial charge is 0.331 e. The van der Waals surface area contributed by atoms with Crippen molar-refractivity contribution in [1.29, 1.82) is 0 Å². The Hall–Kier alpha value is -3.54. The predicted octanol–water partition coefficient (Wildman–Crippen LogP) is 3.63. The second-order valence-electron chi connectivity index (χ2n) is 7.03. The van der Waals surface area contributed by atoms with Crippen molar-refractivity contribution in [3.63, 3.8) is 0 Å². The molecule has 0 aromatic heterocycles. The summed E-state index contributed by atoms with van der Waals surface area (Å²) in [5, 5.41) is 0. The molecule has 2 aromatic rings. The number of aryl methyl sites for hydroxylation is 4. The van der Waals surface area contributed by atoms with Gasteiger partial charge in [0.2, 0.25) is 11.6 Å². The molecule has 6 nitrogen and oxygen atoms in total. The van der Waals surface area contributed by atoms with Gasteiger partial charge in [-0.1, -0.05) is 35.4 Å². The maximum Gasteiger partial charge on any atom is 0.331 e. The van der Waals surface area contributed by atoms with Crippen LogP contribution < -0.4 is 0 Å². The topological polar surface area (TPSA) is 86.7 Å². The maximum absolute atomic E-state index is 12.2. The molecule has 0 bridgehead atoms. The standard InChI is InChI=1S/C24H24O6/c1-15-5-7-17(3)19(11-15)21(25)13-29-23(27)9-10-24(28)30-14-22(26)20-12-16(2)6-8-18(20)4/h5-12H,13-14H2,1-4H3/b10-9+. The third-order valence-electron chi connectivity index (χ3n) is 4.43. The van der Waals surface area contributed by atoms with Gasteiger partial charge in [0.05, 0.1) is 0 Å². The van der Waals surface area contributed by atoms with E-state index in [2.05, 4.69) is 0 Å². The Morgan fingerprint density at radius 3 is 1.40 bits per heavy atom. The molecule has 30 heavy (non-hydrogen) atoms. The maximum atomic E-state index is 12.2. The van der Waals surface area contributed by atoms with E-state index in [0.29, 0.717) is 11.1 Å². The number of rotatable bonds is 8. The Labute approximate surface area is 175 Å². The molecule has 0 aliphatic heterocycles.